The largest absolute Gasteiger partial charge is 0.497 e. The summed E-state index contributed by atoms with van der Waals surface area (Å²) in [5.41, 5.74) is 1.73. The minimum absolute atomic E-state index is 0.505. The van der Waals surface area contributed by atoms with Crippen molar-refractivity contribution in [2.24, 2.45) is 5.92 Å². The molecule has 0 aliphatic rings. The van der Waals surface area contributed by atoms with E-state index in [0.717, 1.165) is 29.4 Å². The van der Waals surface area contributed by atoms with Gasteiger partial charge in [-0.1, -0.05) is 44.2 Å². The fraction of sp³-hybridized carbons (Fsp3) is 0.273. The Balaban J connectivity index is 1.98. The number of methoxy groups -OCH3 is 2. The summed E-state index contributed by atoms with van der Waals surface area (Å²) in [5, 5.41) is 6.72. The molecule has 0 atom stereocenters. The molecular formula is C22H26N4O2. The van der Waals surface area contributed by atoms with Crippen LogP contribution >= 0.6 is 0 Å². The Bertz CT molecular complexity index is 914. The Labute approximate surface area is 166 Å². The van der Waals surface area contributed by atoms with Crippen LogP contribution in [0.25, 0.3) is 11.4 Å². The van der Waals surface area contributed by atoms with Gasteiger partial charge >= 0.3 is 0 Å². The number of benzene rings is 2. The van der Waals surface area contributed by atoms with Crippen molar-refractivity contribution in [1.82, 2.24) is 9.97 Å². The van der Waals surface area contributed by atoms with Gasteiger partial charge in [-0.2, -0.15) is 0 Å². The zero-order chi connectivity index (χ0) is 19.9. The first-order valence-corrected chi connectivity index (χ1v) is 9.26. The molecule has 6 heteroatoms. The van der Waals surface area contributed by atoms with Crippen molar-refractivity contribution in [1.29, 1.82) is 0 Å². The van der Waals surface area contributed by atoms with Crippen LogP contribution in [0.5, 0.6) is 11.5 Å². The van der Waals surface area contributed by atoms with Crippen LogP contribution in [0.4, 0.5) is 17.3 Å². The molecule has 3 rings (SSSR count). The molecule has 6 nitrogen and oxygen atoms in total. The molecule has 0 unspecified atom stereocenters. The lowest BCUT2D eigenvalue weighted by Crippen LogP contribution is -2.10. The molecule has 0 bridgehead atoms. The molecule has 0 aliphatic heterocycles. The average molecular weight is 378 g/mol. The van der Waals surface area contributed by atoms with E-state index in [4.69, 9.17) is 14.5 Å². The van der Waals surface area contributed by atoms with Gasteiger partial charge in [0.05, 0.1) is 19.9 Å². The predicted octanol–water partition coefficient (Wildman–Crippen LogP) is 4.97. The number of aromatic nitrogens is 2. The van der Waals surface area contributed by atoms with Crippen molar-refractivity contribution in [3.8, 4) is 22.9 Å². The number of rotatable bonds is 8. The summed E-state index contributed by atoms with van der Waals surface area (Å²) in [6, 6.07) is 17.4. The minimum Gasteiger partial charge on any atom is -0.497 e. The van der Waals surface area contributed by atoms with Gasteiger partial charge in [-0.3, -0.25) is 0 Å². The van der Waals surface area contributed by atoms with Crippen molar-refractivity contribution in [3.63, 3.8) is 0 Å². The van der Waals surface area contributed by atoms with Gasteiger partial charge in [-0.05, 0) is 18.1 Å². The Morgan fingerprint density at radius 2 is 1.64 bits per heavy atom. The van der Waals surface area contributed by atoms with Crippen molar-refractivity contribution < 1.29 is 9.47 Å². The SMILES string of the molecule is COc1ccc(OC)c(Nc2cc(NCC(C)C)nc(-c3ccccc3)n2)c1. The van der Waals surface area contributed by atoms with Crippen LogP contribution in [0.1, 0.15) is 13.8 Å². The lowest BCUT2D eigenvalue weighted by molar-refractivity contribution is 0.405. The number of ether oxygens (including phenoxy) is 2. The number of hydrogen-bond donors (Lipinski definition) is 2. The lowest BCUT2D eigenvalue weighted by atomic mass is 10.2. The van der Waals surface area contributed by atoms with Crippen LogP contribution < -0.4 is 20.1 Å². The summed E-state index contributed by atoms with van der Waals surface area (Å²) in [5.74, 6) is 4.04. The van der Waals surface area contributed by atoms with E-state index in [-0.39, 0.29) is 0 Å². The monoisotopic (exact) mass is 378 g/mol. The fourth-order valence-corrected chi connectivity index (χ4v) is 2.68. The maximum absolute atomic E-state index is 5.46. The van der Waals surface area contributed by atoms with Gasteiger partial charge in [0.25, 0.3) is 0 Å². The van der Waals surface area contributed by atoms with Crippen LogP contribution in [-0.2, 0) is 0 Å². The number of hydrogen-bond acceptors (Lipinski definition) is 6. The standard InChI is InChI=1S/C22H26N4O2/c1-15(2)14-23-20-13-21(26-22(25-20)16-8-6-5-7-9-16)24-18-12-17(27-3)10-11-19(18)28-4/h5-13,15H,14H2,1-4H3,(H2,23,24,25,26). The highest BCUT2D eigenvalue weighted by atomic mass is 16.5. The molecule has 2 N–H and O–H groups in total. The third-order valence-corrected chi connectivity index (χ3v) is 4.12. The highest BCUT2D eigenvalue weighted by Crippen LogP contribution is 2.32. The highest BCUT2D eigenvalue weighted by molar-refractivity contribution is 5.69. The van der Waals surface area contributed by atoms with Crippen LogP contribution in [-0.4, -0.2) is 30.7 Å². The molecule has 1 heterocycles. The second-order valence-electron chi connectivity index (χ2n) is 6.79. The van der Waals surface area contributed by atoms with E-state index in [1.807, 2.05) is 54.6 Å². The molecule has 0 aliphatic carbocycles. The number of nitrogens with zero attached hydrogens (tertiary/aromatic N) is 2. The van der Waals surface area contributed by atoms with E-state index in [2.05, 4.69) is 29.5 Å². The van der Waals surface area contributed by atoms with Gasteiger partial charge in [-0.25, -0.2) is 9.97 Å². The van der Waals surface area contributed by atoms with Crippen LogP contribution in [0, 0.1) is 5.92 Å². The molecule has 2 aromatic carbocycles. The van der Waals surface area contributed by atoms with E-state index < -0.39 is 0 Å². The molecule has 0 radical (unpaired) electrons. The average Bonchev–Trinajstić information content (AvgIpc) is 2.72. The molecule has 0 saturated carbocycles. The molecule has 0 saturated heterocycles. The molecule has 146 valence electrons. The van der Waals surface area contributed by atoms with Crippen molar-refractivity contribution >= 4 is 17.3 Å². The Morgan fingerprint density at radius 3 is 2.32 bits per heavy atom. The van der Waals surface area contributed by atoms with Gasteiger partial charge in [0, 0.05) is 24.2 Å². The molecular weight excluding hydrogens is 352 g/mol. The summed E-state index contributed by atoms with van der Waals surface area (Å²) in [6.45, 7) is 5.15. The van der Waals surface area contributed by atoms with E-state index in [1.165, 1.54) is 0 Å². The summed E-state index contributed by atoms with van der Waals surface area (Å²) < 4.78 is 10.8. The molecule has 0 amide bonds. The lowest BCUT2D eigenvalue weighted by Gasteiger charge is -2.15. The first-order valence-electron chi connectivity index (χ1n) is 9.26. The van der Waals surface area contributed by atoms with Gasteiger partial charge < -0.3 is 20.1 Å². The maximum atomic E-state index is 5.46. The van der Waals surface area contributed by atoms with Crippen molar-refractivity contribution in [2.45, 2.75) is 13.8 Å². The van der Waals surface area contributed by atoms with Crippen molar-refractivity contribution in [2.75, 3.05) is 31.4 Å². The second kappa shape index (κ2) is 9.08. The molecule has 0 spiro atoms. The third kappa shape index (κ3) is 4.91. The molecule has 1 aromatic heterocycles. The zero-order valence-electron chi connectivity index (χ0n) is 16.7. The first-order chi connectivity index (χ1) is 13.6. The minimum atomic E-state index is 0.505. The normalized spacial score (nSPS) is 10.6. The number of anilines is 3. The second-order valence-corrected chi connectivity index (χ2v) is 6.79. The molecule has 3 aromatic rings. The van der Waals surface area contributed by atoms with E-state index in [1.54, 1.807) is 14.2 Å². The van der Waals surface area contributed by atoms with Gasteiger partial charge in [0.2, 0.25) is 0 Å². The quantitative estimate of drug-likeness (QED) is 0.577. The molecule has 28 heavy (non-hydrogen) atoms. The Hall–Kier alpha value is -3.28. The summed E-state index contributed by atoms with van der Waals surface area (Å²) in [7, 11) is 3.27. The first kappa shape index (κ1) is 19.5. The van der Waals surface area contributed by atoms with Gasteiger partial charge in [0.15, 0.2) is 5.82 Å². The van der Waals surface area contributed by atoms with Gasteiger partial charge in [-0.15, -0.1) is 0 Å². The summed E-state index contributed by atoms with van der Waals surface area (Å²) >= 11 is 0. The third-order valence-electron chi connectivity index (χ3n) is 4.12. The van der Waals surface area contributed by atoms with E-state index >= 15 is 0 Å². The number of nitrogens with one attached hydrogen (secondary N) is 2. The zero-order valence-corrected chi connectivity index (χ0v) is 16.7. The highest BCUT2D eigenvalue weighted by Gasteiger charge is 2.11. The Morgan fingerprint density at radius 1 is 0.893 bits per heavy atom. The van der Waals surface area contributed by atoms with E-state index in [9.17, 15) is 0 Å². The smallest absolute Gasteiger partial charge is 0.163 e. The topological polar surface area (TPSA) is 68.3 Å². The summed E-state index contributed by atoms with van der Waals surface area (Å²) in [4.78, 5) is 9.37. The molecule has 0 fully saturated rings. The van der Waals surface area contributed by atoms with E-state index in [0.29, 0.717) is 23.3 Å². The van der Waals surface area contributed by atoms with Crippen LogP contribution in [0.3, 0.4) is 0 Å². The maximum Gasteiger partial charge on any atom is 0.163 e. The predicted molar refractivity (Wildman–Crippen MR) is 114 cm³/mol. The summed E-state index contributed by atoms with van der Waals surface area (Å²) in [6.07, 6.45) is 0. The van der Waals surface area contributed by atoms with Crippen molar-refractivity contribution in [3.05, 3.63) is 54.6 Å². The van der Waals surface area contributed by atoms with Crippen LogP contribution in [0.15, 0.2) is 54.6 Å². The Kier molecular flexibility index (Phi) is 6.32. The van der Waals surface area contributed by atoms with Gasteiger partial charge in [0.1, 0.15) is 23.1 Å². The van der Waals surface area contributed by atoms with Crippen LogP contribution in [0.2, 0.25) is 0 Å². The fourth-order valence-electron chi connectivity index (χ4n) is 2.68.